The molecule has 25 nitrogen and oxygen atoms in total. The van der Waals surface area contributed by atoms with Gasteiger partial charge in [-0.2, -0.15) is 0 Å². The Labute approximate surface area is 737 Å². The van der Waals surface area contributed by atoms with E-state index < -0.39 is 40.1 Å². The van der Waals surface area contributed by atoms with Crippen LogP contribution < -0.4 is 38.5 Å². The highest BCUT2D eigenvalue weighted by Crippen LogP contribution is 2.38. The highest BCUT2D eigenvalue weighted by molar-refractivity contribution is 7.94. The minimum atomic E-state index is -3.26. The zero-order chi connectivity index (χ0) is 87.6. The van der Waals surface area contributed by atoms with Gasteiger partial charge in [0.1, 0.15) is 0 Å². The quantitative estimate of drug-likeness (QED) is 0.0653. The minimum absolute atomic E-state index is 0.142. The summed E-state index contributed by atoms with van der Waals surface area (Å²) >= 11 is 25.4. The van der Waals surface area contributed by atoms with Crippen molar-refractivity contribution in [2.75, 3.05) is 87.7 Å². The number of halogens is 4. The number of amides is 4. The molecule has 0 unspecified atom stereocenters. The van der Waals surface area contributed by atoms with Crippen LogP contribution in [0.3, 0.4) is 0 Å². The Hall–Kier alpha value is -12.6. The van der Waals surface area contributed by atoms with Crippen LogP contribution in [0, 0.1) is 20.4 Å². The van der Waals surface area contributed by atoms with Crippen LogP contribution in [0.4, 0.5) is 51.2 Å². The van der Waals surface area contributed by atoms with Crippen molar-refractivity contribution in [1.82, 2.24) is 19.9 Å². The van der Waals surface area contributed by atoms with Gasteiger partial charge in [0, 0.05) is 124 Å². The van der Waals surface area contributed by atoms with Gasteiger partial charge in [0.15, 0.2) is 0 Å². The molecule has 124 heavy (non-hydrogen) atoms. The molecule has 4 aliphatic heterocycles. The predicted octanol–water partition coefficient (Wildman–Crippen LogP) is 19.1. The van der Waals surface area contributed by atoms with Gasteiger partial charge in [-0.3, -0.25) is 56.3 Å². The van der Waals surface area contributed by atoms with Gasteiger partial charge in [-0.1, -0.05) is 82.8 Å². The summed E-state index contributed by atoms with van der Waals surface area (Å²) in [7, 11) is -13.0. The summed E-state index contributed by atoms with van der Waals surface area (Å²) in [6, 6.07) is 67.8. The number of hydrogen-bond donors (Lipinski definition) is 4. The van der Waals surface area contributed by atoms with Crippen molar-refractivity contribution in [3.05, 3.63) is 326 Å². The van der Waals surface area contributed by atoms with Crippen molar-refractivity contribution in [3.8, 4) is 45.0 Å². The maximum Gasteiger partial charge on any atom is 0.255 e. The smallest absolute Gasteiger partial charge is 0.255 e. The van der Waals surface area contributed by atoms with Crippen molar-refractivity contribution in [1.29, 1.82) is 0 Å². The Morgan fingerprint density at radius 3 is 1.02 bits per heavy atom. The lowest BCUT2D eigenvalue weighted by atomic mass is 10.0. The van der Waals surface area contributed by atoms with E-state index in [1.165, 1.54) is 23.4 Å². The SMILES string of the molecule is Cc1ccc(-c2cc(NC(=O)c3ccc(N4CCCS4(=O)=O)cc3)ccc2Cl)nc1.Cc1ccnc(-c2cc(NC(=O)c3ccc(N4CCCS4(=O)=O)cc3)ccc2Cl)c1.O=C(Nc1ccc(Cl)c(-c2nccc3ccccc23)c1)c1ccc(N2CCCS2(=O)=O)cc1.[C-]#[N+]c1ccc(-c2cc(NC(=O)c3ccc(N4CCCS4(=O)=O)cc3)ccc2Cl)nc1. The molecule has 8 heterocycles. The number of aryl methyl sites for hydroxylation is 2. The molecular formula is C91H77Cl4N13O12S4. The summed E-state index contributed by atoms with van der Waals surface area (Å²) in [5.74, 6) is -0.616. The van der Waals surface area contributed by atoms with E-state index in [0.29, 0.717) is 157 Å². The molecule has 0 spiro atoms. The second-order valence-electron chi connectivity index (χ2n) is 29.1. The predicted molar refractivity (Wildman–Crippen MR) is 493 cm³/mol. The van der Waals surface area contributed by atoms with E-state index >= 15 is 0 Å². The molecule has 4 N–H and O–H groups in total. The lowest BCUT2D eigenvalue weighted by Gasteiger charge is -2.17. The highest BCUT2D eigenvalue weighted by atomic mass is 35.5. The lowest BCUT2D eigenvalue weighted by Crippen LogP contribution is -2.25. The molecule has 13 aromatic rings. The molecule has 4 aromatic heterocycles. The third-order valence-corrected chi connectivity index (χ3v) is 29.2. The lowest BCUT2D eigenvalue weighted by molar-refractivity contribution is 0.101. The van der Waals surface area contributed by atoms with Crippen molar-refractivity contribution >= 4 is 172 Å². The fourth-order valence-corrected chi connectivity index (χ4v) is 21.2. The van der Waals surface area contributed by atoms with Crippen LogP contribution in [0.2, 0.25) is 20.1 Å². The van der Waals surface area contributed by atoms with Crippen LogP contribution in [0.5, 0.6) is 0 Å². The second kappa shape index (κ2) is 38.0. The summed E-state index contributed by atoms with van der Waals surface area (Å²) in [4.78, 5) is 71.7. The molecule has 0 radical (unpaired) electrons. The maximum absolute atomic E-state index is 12.8. The number of carbonyl (C=O) groups is 4. The topological polar surface area (TPSA) is 322 Å². The molecule has 4 aliphatic rings. The molecule has 4 fully saturated rings. The average Bonchev–Trinajstić information content (AvgIpc) is 1.79. The summed E-state index contributed by atoms with van der Waals surface area (Å²) in [6.45, 7) is 12.8. The Morgan fingerprint density at radius 2 is 0.685 bits per heavy atom. The van der Waals surface area contributed by atoms with Crippen LogP contribution in [0.1, 0.15) is 78.2 Å². The van der Waals surface area contributed by atoms with Crippen molar-refractivity contribution in [2.24, 2.45) is 0 Å². The maximum atomic E-state index is 12.8. The first kappa shape index (κ1) is 87.7. The minimum Gasteiger partial charge on any atom is -0.322 e. The molecule has 9 aromatic carbocycles. The number of sulfonamides is 4. The van der Waals surface area contributed by atoms with E-state index in [1.54, 1.807) is 201 Å². The molecule has 0 bridgehead atoms. The second-order valence-corrected chi connectivity index (χ2v) is 38.8. The average molecular weight is 1810 g/mol. The number of benzene rings is 9. The number of nitrogens with zero attached hydrogens (tertiary/aromatic N) is 9. The Kier molecular flexibility index (Phi) is 26.9. The third kappa shape index (κ3) is 20.8. The molecule has 0 saturated carbocycles. The highest BCUT2D eigenvalue weighted by Gasteiger charge is 2.33. The van der Waals surface area contributed by atoms with E-state index in [9.17, 15) is 52.8 Å². The van der Waals surface area contributed by atoms with Crippen molar-refractivity contribution in [2.45, 2.75) is 39.5 Å². The molecule has 0 atom stereocenters. The van der Waals surface area contributed by atoms with Crippen LogP contribution in [0.25, 0.3) is 60.6 Å². The number of nitrogens with one attached hydrogen (secondary N) is 4. The van der Waals surface area contributed by atoms with Crippen LogP contribution in [0.15, 0.2) is 261 Å². The van der Waals surface area contributed by atoms with Crippen molar-refractivity contribution in [3.63, 3.8) is 0 Å². The van der Waals surface area contributed by atoms with Crippen LogP contribution >= 0.6 is 46.4 Å². The summed E-state index contributed by atoms with van der Waals surface area (Å²) < 4.78 is 102. The zero-order valence-electron chi connectivity index (χ0n) is 66.4. The molecule has 33 heteroatoms. The van der Waals surface area contributed by atoms with Gasteiger partial charge in [0.2, 0.25) is 45.8 Å². The first-order chi connectivity index (χ1) is 59.5. The van der Waals surface area contributed by atoms with E-state index in [0.717, 1.165) is 55.7 Å². The van der Waals surface area contributed by atoms with Gasteiger partial charge in [-0.15, -0.1) is 0 Å². The fraction of sp³-hybridized carbons (Fsp3) is 0.154. The van der Waals surface area contributed by atoms with E-state index in [-0.39, 0.29) is 46.6 Å². The summed E-state index contributed by atoms with van der Waals surface area (Å²) in [5.41, 5.74) is 14.4. The standard InChI is InChI=1S/C25H20ClN3O3S.C22H17ClN4O3S.2C22H20ClN3O3S/c26-23-11-8-19(16-22(23)24-21-5-2-1-4-17(21)12-13-27-24)28-25(30)18-6-9-20(10-7-18)29-14-3-15-33(29,31)32;1-24-17-6-10-21(25-14-17)19-13-16(5-9-20(19)23)26-22(28)15-3-7-18(8-4-15)27-11-2-12-31(27,29)30;1-15-3-10-21(24-14-15)19-13-17(6-9-20(19)23)25-22(27)16-4-7-18(8-5-16)26-11-2-12-30(26,28)29;1-15-9-10-24-21(13-15)19-14-17(5-8-20(19)23)25-22(27)16-3-6-18(7-4-16)26-11-2-12-30(26,28)29/h1-2,4-13,16H,3,14-15H2,(H,28,30);3-10,13-14H,2,11-12H2,(H,26,28);2*3-10,13-14H,2,11-12H2,1H3,(H,25,27). The fourth-order valence-electron chi connectivity index (χ4n) is 14.1. The van der Waals surface area contributed by atoms with Crippen LogP contribution in [-0.2, 0) is 40.1 Å². The van der Waals surface area contributed by atoms with Gasteiger partial charge in [0.25, 0.3) is 23.6 Å². The van der Waals surface area contributed by atoms with E-state index in [2.05, 4.69) is 46.0 Å². The third-order valence-electron chi connectivity index (χ3n) is 20.4. The number of carbonyl (C=O) groups excluding carboxylic acids is 4. The molecule has 630 valence electrons. The van der Waals surface area contributed by atoms with E-state index in [1.807, 2.05) is 68.4 Å². The first-order valence-corrected chi connectivity index (χ1v) is 46.8. The number of hydrogen-bond acceptors (Lipinski definition) is 16. The Morgan fingerprint density at radius 1 is 0.347 bits per heavy atom. The van der Waals surface area contributed by atoms with Gasteiger partial charge in [-0.25, -0.2) is 38.5 Å². The molecule has 17 rings (SSSR count). The van der Waals surface area contributed by atoms with Crippen molar-refractivity contribution < 1.29 is 52.8 Å². The van der Waals surface area contributed by atoms with E-state index in [4.69, 9.17) is 53.0 Å². The number of pyridine rings is 4. The number of aromatic nitrogens is 4. The zero-order valence-corrected chi connectivity index (χ0v) is 72.7. The molecule has 4 saturated heterocycles. The van der Waals surface area contributed by atoms with Gasteiger partial charge in [0.05, 0.1) is 95.2 Å². The number of rotatable bonds is 16. The molecular weight excluding hydrogens is 1740 g/mol. The molecule has 0 aliphatic carbocycles. The Bertz CT molecular complexity index is 6780. The van der Waals surface area contributed by atoms with Crippen LogP contribution in [-0.4, -0.2) is 126 Å². The summed E-state index contributed by atoms with van der Waals surface area (Å²) in [6.07, 6.45) is 9.10. The first-order valence-electron chi connectivity index (χ1n) is 38.9. The Balaban J connectivity index is 0.000000135. The number of anilines is 8. The monoisotopic (exact) mass is 1810 g/mol. The molecule has 4 amide bonds. The number of fused-ring (bicyclic) bond motifs is 1. The van der Waals surface area contributed by atoms with Gasteiger partial charge in [-0.05, 0) is 256 Å². The van der Waals surface area contributed by atoms with Gasteiger partial charge < -0.3 is 21.3 Å². The summed E-state index contributed by atoms with van der Waals surface area (Å²) in [5, 5.41) is 15.5. The van der Waals surface area contributed by atoms with Gasteiger partial charge >= 0.3 is 0 Å². The largest absolute Gasteiger partial charge is 0.322 e. The normalized spacial score (nSPS) is 15.0.